The molecule has 2 rings (SSSR count). The molecule has 0 bridgehead atoms. The topological polar surface area (TPSA) is 55.1 Å². The maximum Gasteiger partial charge on any atom is 0.242 e. The third kappa shape index (κ3) is 3.15. The summed E-state index contributed by atoms with van der Waals surface area (Å²) >= 11 is 13.8. The standard InChI is InChI=1S/C14H14Cl2N2OS/c1-14(13(17)19,18-8-10-3-2-6-20-10)11-7-9(15)4-5-12(11)16/h2-7,18H,8H2,1H3,(H2,17,19). The van der Waals surface area contributed by atoms with Gasteiger partial charge in [-0.05, 0) is 36.6 Å². The number of thiophene rings is 1. The van der Waals surface area contributed by atoms with Crippen molar-refractivity contribution in [2.24, 2.45) is 5.73 Å². The first-order valence-corrected chi connectivity index (χ1v) is 7.60. The summed E-state index contributed by atoms with van der Waals surface area (Å²) in [4.78, 5) is 13.0. The molecular formula is C14H14Cl2N2OS. The Labute approximate surface area is 131 Å². The smallest absolute Gasteiger partial charge is 0.242 e. The predicted molar refractivity (Wildman–Crippen MR) is 84.2 cm³/mol. The number of hydrogen-bond donors (Lipinski definition) is 2. The second-order valence-electron chi connectivity index (χ2n) is 4.55. The van der Waals surface area contributed by atoms with Crippen LogP contribution in [0.1, 0.15) is 17.4 Å². The van der Waals surface area contributed by atoms with Gasteiger partial charge in [-0.25, -0.2) is 0 Å². The van der Waals surface area contributed by atoms with Crippen molar-refractivity contribution in [1.29, 1.82) is 0 Å². The molecule has 1 heterocycles. The number of primary amides is 1. The van der Waals surface area contributed by atoms with Crippen molar-refractivity contribution in [3.63, 3.8) is 0 Å². The summed E-state index contributed by atoms with van der Waals surface area (Å²) in [7, 11) is 0. The van der Waals surface area contributed by atoms with E-state index < -0.39 is 11.4 Å². The van der Waals surface area contributed by atoms with Gasteiger partial charge >= 0.3 is 0 Å². The molecule has 0 aliphatic carbocycles. The van der Waals surface area contributed by atoms with Crippen molar-refractivity contribution < 1.29 is 4.79 Å². The Morgan fingerprint density at radius 3 is 2.75 bits per heavy atom. The van der Waals surface area contributed by atoms with Crippen molar-refractivity contribution in [3.8, 4) is 0 Å². The highest BCUT2D eigenvalue weighted by atomic mass is 35.5. The Hall–Kier alpha value is -1.07. The second-order valence-corrected chi connectivity index (χ2v) is 6.42. The van der Waals surface area contributed by atoms with Crippen molar-refractivity contribution in [3.05, 3.63) is 56.2 Å². The fourth-order valence-electron chi connectivity index (χ4n) is 1.87. The van der Waals surface area contributed by atoms with Crippen molar-refractivity contribution in [2.75, 3.05) is 0 Å². The zero-order chi connectivity index (χ0) is 14.8. The van der Waals surface area contributed by atoms with Crippen molar-refractivity contribution >= 4 is 40.4 Å². The molecule has 0 radical (unpaired) electrons. The highest BCUT2D eigenvalue weighted by Gasteiger charge is 2.34. The number of amides is 1. The minimum absolute atomic E-state index is 0.453. The monoisotopic (exact) mass is 328 g/mol. The third-order valence-corrected chi connectivity index (χ3v) is 4.60. The van der Waals surface area contributed by atoms with E-state index in [1.165, 1.54) is 0 Å². The van der Waals surface area contributed by atoms with E-state index >= 15 is 0 Å². The summed E-state index contributed by atoms with van der Waals surface area (Å²) in [6, 6.07) is 8.94. The molecule has 0 aliphatic rings. The number of hydrogen-bond acceptors (Lipinski definition) is 3. The van der Waals surface area contributed by atoms with Gasteiger partial charge in [0.1, 0.15) is 5.54 Å². The summed E-state index contributed by atoms with van der Waals surface area (Å²) in [5, 5.41) is 6.11. The molecule has 0 fully saturated rings. The summed E-state index contributed by atoms with van der Waals surface area (Å²) < 4.78 is 0. The van der Waals surface area contributed by atoms with E-state index in [2.05, 4.69) is 5.32 Å². The molecule has 106 valence electrons. The van der Waals surface area contributed by atoms with Gasteiger partial charge in [-0.15, -0.1) is 11.3 Å². The molecule has 6 heteroatoms. The van der Waals surface area contributed by atoms with Crippen LogP contribution in [0, 0.1) is 0 Å². The highest BCUT2D eigenvalue weighted by molar-refractivity contribution is 7.09. The number of rotatable bonds is 5. The van der Waals surface area contributed by atoms with Crippen LogP contribution in [-0.4, -0.2) is 5.91 Å². The molecule has 0 saturated heterocycles. The zero-order valence-electron chi connectivity index (χ0n) is 10.8. The molecule has 1 aromatic carbocycles. The number of nitrogens with one attached hydrogen (secondary N) is 1. The number of carbonyl (C=O) groups is 1. The Morgan fingerprint density at radius 1 is 1.40 bits per heavy atom. The van der Waals surface area contributed by atoms with E-state index in [9.17, 15) is 4.79 Å². The van der Waals surface area contributed by atoms with Gasteiger partial charge in [0.25, 0.3) is 0 Å². The molecule has 20 heavy (non-hydrogen) atoms. The van der Waals surface area contributed by atoms with Crippen LogP contribution in [0.15, 0.2) is 35.7 Å². The first-order valence-electron chi connectivity index (χ1n) is 5.96. The molecule has 3 N–H and O–H groups in total. The van der Waals surface area contributed by atoms with Crippen LogP contribution in [0.25, 0.3) is 0 Å². The molecule has 1 unspecified atom stereocenters. The lowest BCUT2D eigenvalue weighted by atomic mass is 9.91. The van der Waals surface area contributed by atoms with Gasteiger partial charge in [-0.1, -0.05) is 29.3 Å². The third-order valence-electron chi connectivity index (χ3n) is 3.16. The maximum absolute atomic E-state index is 11.9. The van der Waals surface area contributed by atoms with Gasteiger partial charge in [-0.2, -0.15) is 0 Å². The average molecular weight is 329 g/mol. The number of halogens is 2. The van der Waals surface area contributed by atoms with E-state index in [1.807, 2.05) is 17.5 Å². The average Bonchev–Trinajstić information content (AvgIpc) is 2.92. The summed E-state index contributed by atoms with van der Waals surface area (Å²) in [5.41, 5.74) is 5.06. The van der Waals surface area contributed by atoms with Crippen LogP contribution < -0.4 is 11.1 Å². The van der Waals surface area contributed by atoms with Crippen LogP contribution in [0.3, 0.4) is 0 Å². The molecule has 3 nitrogen and oxygen atoms in total. The van der Waals surface area contributed by atoms with Crippen LogP contribution in [-0.2, 0) is 16.9 Å². The first kappa shape index (κ1) is 15.3. The Bertz CT molecular complexity index is 616. The van der Waals surface area contributed by atoms with E-state index in [0.29, 0.717) is 22.2 Å². The van der Waals surface area contributed by atoms with E-state index in [-0.39, 0.29) is 0 Å². The van der Waals surface area contributed by atoms with Crippen LogP contribution in [0.5, 0.6) is 0 Å². The van der Waals surface area contributed by atoms with Gasteiger partial charge in [-0.3, -0.25) is 10.1 Å². The molecule has 1 amide bonds. The first-order chi connectivity index (χ1) is 9.43. The molecular weight excluding hydrogens is 315 g/mol. The molecule has 1 atom stereocenters. The Kier molecular flexibility index (Phi) is 4.70. The molecule has 2 aromatic rings. The Balaban J connectivity index is 2.33. The van der Waals surface area contributed by atoms with Gasteiger partial charge in [0.2, 0.25) is 5.91 Å². The molecule has 0 aliphatic heterocycles. The van der Waals surface area contributed by atoms with Crippen LogP contribution in [0.4, 0.5) is 0 Å². The van der Waals surface area contributed by atoms with Gasteiger partial charge in [0.15, 0.2) is 0 Å². The number of nitrogens with two attached hydrogens (primary N) is 1. The van der Waals surface area contributed by atoms with Crippen LogP contribution in [0.2, 0.25) is 10.0 Å². The number of benzene rings is 1. The summed E-state index contributed by atoms with van der Waals surface area (Å²) in [6.07, 6.45) is 0. The predicted octanol–water partition coefficient (Wildman–Crippen LogP) is 3.55. The second kappa shape index (κ2) is 6.14. The molecule has 1 aromatic heterocycles. The van der Waals surface area contributed by atoms with E-state index in [1.54, 1.807) is 36.5 Å². The lowest BCUT2D eigenvalue weighted by Crippen LogP contribution is -2.50. The summed E-state index contributed by atoms with van der Waals surface area (Å²) in [5.74, 6) is -0.502. The number of carbonyl (C=O) groups excluding carboxylic acids is 1. The molecule has 0 spiro atoms. The van der Waals surface area contributed by atoms with Gasteiger partial charge in [0, 0.05) is 27.0 Å². The van der Waals surface area contributed by atoms with Crippen molar-refractivity contribution in [2.45, 2.75) is 19.0 Å². The van der Waals surface area contributed by atoms with Crippen molar-refractivity contribution in [1.82, 2.24) is 5.32 Å². The van der Waals surface area contributed by atoms with Crippen LogP contribution >= 0.6 is 34.5 Å². The minimum Gasteiger partial charge on any atom is -0.368 e. The lowest BCUT2D eigenvalue weighted by Gasteiger charge is -2.29. The van der Waals surface area contributed by atoms with Gasteiger partial charge < -0.3 is 5.73 Å². The van der Waals surface area contributed by atoms with E-state index in [4.69, 9.17) is 28.9 Å². The Morgan fingerprint density at radius 2 is 2.15 bits per heavy atom. The van der Waals surface area contributed by atoms with E-state index in [0.717, 1.165) is 4.88 Å². The maximum atomic E-state index is 11.9. The zero-order valence-corrected chi connectivity index (χ0v) is 13.1. The minimum atomic E-state index is -1.08. The lowest BCUT2D eigenvalue weighted by molar-refractivity contribution is -0.124. The highest BCUT2D eigenvalue weighted by Crippen LogP contribution is 2.31. The van der Waals surface area contributed by atoms with Gasteiger partial charge in [0.05, 0.1) is 0 Å². The quantitative estimate of drug-likeness (QED) is 0.881. The largest absolute Gasteiger partial charge is 0.368 e. The SMILES string of the molecule is CC(NCc1cccs1)(C(N)=O)c1cc(Cl)ccc1Cl. The molecule has 0 saturated carbocycles. The fourth-order valence-corrected chi connectivity index (χ4v) is 3.00. The summed E-state index contributed by atoms with van der Waals surface area (Å²) in [6.45, 7) is 2.24. The fraction of sp³-hybridized carbons (Fsp3) is 0.214. The normalized spacial score (nSPS) is 13.9.